The van der Waals surface area contributed by atoms with Gasteiger partial charge < -0.3 is 10.6 Å². The van der Waals surface area contributed by atoms with Crippen molar-refractivity contribution in [2.45, 2.75) is 25.4 Å². The summed E-state index contributed by atoms with van der Waals surface area (Å²) in [7, 11) is 4.06. The number of guanidine groups is 1. The molecule has 2 unspecified atom stereocenters. The smallest absolute Gasteiger partial charge is 0.191 e. The molecule has 8 heteroatoms. The Labute approximate surface area is 181 Å². The van der Waals surface area contributed by atoms with E-state index in [0.29, 0.717) is 18.5 Å². The highest BCUT2D eigenvalue weighted by Gasteiger charge is 2.31. The van der Waals surface area contributed by atoms with Crippen LogP contribution < -0.4 is 10.6 Å². The highest BCUT2D eigenvalue weighted by atomic mass is 32.1. The number of rotatable bonds is 6. The molecule has 1 aliphatic rings. The van der Waals surface area contributed by atoms with Crippen LogP contribution in [-0.2, 0) is 6.54 Å². The first-order valence-corrected chi connectivity index (χ1v) is 11.3. The third-order valence-corrected chi connectivity index (χ3v) is 6.62. The summed E-state index contributed by atoms with van der Waals surface area (Å²) < 4.78 is 0. The number of likely N-dealkylation sites (tertiary alicyclic amines) is 1. The van der Waals surface area contributed by atoms with E-state index in [1.807, 2.05) is 30.5 Å². The van der Waals surface area contributed by atoms with Gasteiger partial charge in [-0.1, -0.05) is 24.3 Å². The second-order valence-electron chi connectivity index (χ2n) is 7.68. The van der Waals surface area contributed by atoms with Gasteiger partial charge in [0.2, 0.25) is 0 Å². The van der Waals surface area contributed by atoms with Gasteiger partial charge >= 0.3 is 0 Å². The van der Waals surface area contributed by atoms with Gasteiger partial charge in [0.15, 0.2) is 11.8 Å². The summed E-state index contributed by atoms with van der Waals surface area (Å²) in [6.07, 6.45) is 4.00. The quantitative estimate of drug-likeness (QED) is 0.419. The van der Waals surface area contributed by atoms with Crippen LogP contribution in [0.3, 0.4) is 0 Å². The average Bonchev–Trinajstić information content (AvgIpc) is 3.49. The highest BCUT2D eigenvalue weighted by molar-refractivity contribution is 7.10. The zero-order valence-corrected chi connectivity index (χ0v) is 18.3. The van der Waals surface area contributed by atoms with E-state index in [2.05, 4.69) is 72.4 Å². The van der Waals surface area contributed by atoms with Crippen LogP contribution in [0.1, 0.15) is 29.3 Å². The molecule has 0 bridgehead atoms. The van der Waals surface area contributed by atoms with E-state index in [0.717, 1.165) is 30.4 Å². The predicted octanol–water partition coefficient (Wildman–Crippen LogP) is 3.28. The van der Waals surface area contributed by atoms with Crippen molar-refractivity contribution >= 4 is 17.3 Å². The zero-order chi connectivity index (χ0) is 20.8. The Morgan fingerprint density at radius 1 is 1.30 bits per heavy atom. The van der Waals surface area contributed by atoms with Crippen LogP contribution in [0.5, 0.6) is 0 Å². The van der Waals surface area contributed by atoms with Crippen molar-refractivity contribution < 1.29 is 0 Å². The molecule has 1 fully saturated rings. The van der Waals surface area contributed by atoms with Gasteiger partial charge in [-0.15, -0.1) is 11.3 Å². The van der Waals surface area contributed by atoms with Crippen LogP contribution in [0.2, 0.25) is 0 Å². The Balaban J connectivity index is 1.34. The molecule has 3 aromatic rings. The van der Waals surface area contributed by atoms with E-state index in [-0.39, 0.29) is 0 Å². The zero-order valence-electron chi connectivity index (χ0n) is 17.5. The lowest BCUT2D eigenvalue weighted by molar-refractivity contribution is 0.125. The normalized spacial score (nSPS) is 20.3. The molecule has 3 heterocycles. The maximum Gasteiger partial charge on any atom is 0.191 e. The minimum Gasteiger partial charge on any atom is -0.356 e. The second-order valence-corrected chi connectivity index (χ2v) is 8.66. The van der Waals surface area contributed by atoms with Crippen LogP contribution >= 0.6 is 11.3 Å². The molecule has 1 aliphatic heterocycles. The van der Waals surface area contributed by atoms with Crippen molar-refractivity contribution in [3.8, 4) is 11.4 Å². The van der Waals surface area contributed by atoms with Crippen molar-refractivity contribution in [3.05, 3.63) is 58.5 Å². The number of H-pyrrole nitrogens is 1. The molecule has 30 heavy (non-hydrogen) atoms. The Kier molecular flexibility index (Phi) is 6.76. The van der Waals surface area contributed by atoms with Crippen molar-refractivity contribution in [2.75, 3.05) is 27.2 Å². The van der Waals surface area contributed by atoms with E-state index >= 15 is 0 Å². The number of thiophene rings is 1. The second kappa shape index (κ2) is 9.86. The standard InChI is InChI=1S/C22H29N7S/c1-23-22(24-13-16-6-3-7-17(12-16)21-26-15-27-28-21)25-14-18-8-4-10-29(2)20(18)19-9-5-11-30-19/h3,5-7,9,11-12,15,18,20H,4,8,10,13-14H2,1-2H3,(H2,23,24,25)(H,26,27,28). The number of aromatic amines is 1. The molecule has 7 nitrogen and oxygen atoms in total. The first-order chi connectivity index (χ1) is 14.7. The van der Waals surface area contributed by atoms with E-state index in [4.69, 9.17) is 0 Å². The fourth-order valence-electron chi connectivity index (χ4n) is 4.19. The Hall–Kier alpha value is -2.71. The van der Waals surface area contributed by atoms with Gasteiger partial charge in [0.05, 0.1) is 0 Å². The lowest BCUT2D eigenvalue weighted by atomic mass is 9.88. The number of aliphatic imine (C=N–C) groups is 1. The monoisotopic (exact) mass is 423 g/mol. The number of hydrogen-bond donors (Lipinski definition) is 3. The van der Waals surface area contributed by atoms with Gasteiger partial charge in [-0.05, 0) is 55.4 Å². The fourth-order valence-corrected chi connectivity index (χ4v) is 5.17. The van der Waals surface area contributed by atoms with Crippen molar-refractivity contribution in [1.29, 1.82) is 0 Å². The van der Waals surface area contributed by atoms with Gasteiger partial charge in [0, 0.05) is 36.6 Å². The number of hydrogen-bond acceptors (Lipinski definition) is 5. The summed E-state index contributed by atoms with van der Waals surface area (Å²) in [5, 5.41) is 16.0. The van der Waals surface area contributed by atoms with E-state index in [1.54, 1.807) is 0 Å². The summed E-state index contributed by atoms with van der Waals surface area (Å²) in [5.74, 6) is 2.18. The number of aromatic nitrogens is 3. The SMILES string of the molecule is CN=C(NCc1cccc(-c2ncn[nH]2)c1)NCC1CCCN(C)C1c1cccs1. The Morgan fingerprint density at radius 3 is 3.00 bits per heavy atom. The van der Waals surface area contributed by atoms with Crippen molar-refractivity contribution in [2.24, 2.45) is 10.9 Å². The molecule has 0 spiro atoms. The number of nitrogens with zero attached hydrogens (tertiary/aromatic N) is 4. The molecule has 0 saturated carbocycles. The first-order valence-electron chi connectivity index (χ1n) is 10.4. The minimum absolute atomic E-state index is 0.475. The van der Waals surface area contributed by atoms with Crippen LogP contribution in [0.15, 0.2) is 53.1 Å². The van der Waals surface area contributed by atoms with Gasteiger partial charge in [-0.2, -0.15) is 5.10 Å². The molecule has 4 rings (SSSR count). The summed E-state index contributed by atoms with van der Waals surface area (Å²) in [6.45, 7) is 2.76. The van der Waals surface area contributed by atoms with Gasteiger partial charge in [-0.3, -0.25) is 15.0 Å². The van der Waals surface area contributed by atoms with Crippen LogP contribution in [0.25, 0.3) is 11.4 Å². The third-order valence-electron chi connectivity index (χ3n) is 5.67. The molecule has 2 atom stereocenters. The molecular weight excluding hydrogens is 394 g/mol. The highest BCUT2D eigenvalue weighted by Crippen LogP contribution is 2.36. The van der Waals surface area contributed by atoms with Crippen LogP contribution in [0.4, 0.5) is 0 Å². The first kappa shape index (κ1) is 20.6. The average molecular weight is 424 g/mol. The molecule has 3 N–H and O–H groups in total. The van der Waals surface area contributed by atoms with E-state index in [1.165, 1.54) is 29.6 Å². The Morgan fingerprint density at radius 2 is 2.23 bits per heavy atom. The molecule has 1 saturated heterocycles. The Bertz CT molecular complexity index is 936. The topological polar surface area (TPSA) is 81.2 Å². The van der Waals surface area contributed by atoms with Crippen LogP contribution in [0, 0.1) is 5.92 Å². The van der Waals surface area contributed by atoms with Gasteiger partial charge in [0.1, 0.15) is 6.33 Å². The van der Waals surface area contributed by atoms with E-state index in [9.17, 15) is 0 Å². The molecule has 0 radical (unpaired) electrons. The van der Waals surface area contributed by atoms with Gasteiger partial charge in [-0.25, -0.2) is 4.98 Å². The molecule has 0 amide bonds. The maximum atomic E-state index is 4.42. The van der Waals surface area contributed by atoms with E-state index < -0.39 is 0 Å². The lowest BCUT2D eigenvalue weighted by Gasteiger charge is -2.39. The number of piperidine rings is 1. The number of benzene rings is 1. The minimum atomic E-state index is 0.475. The maximum absolute atomic E-state index is 4.42. The van der Waals surface area contributed by atoms with Crippen LogP contribution in [-0.4, -0.2) is 53.2 Å². The largest absolute Gasteiger partial charge is 0.356 e. The summed E-state index contributed by atoms with van der Waals surface area (Å²) in [4.78, 5) is 12.6. The molecule has 2 aromatic heterocycles. The summed E-state index contributed by atoms with van der Waals surface area (Å²) in [5.41, 5.74) is 2.19. The predicted molar refractivity (Wildman–Crippen MR) is 122 cm³/mol. The van der Waals surface area contributed by atoms with Crippen molar-refractivity contribution in [1.82, 2.24) is 30.7 Å². The summed E-state index contributed by atoms with van der Waals surface area (Å²) >= 11 is 1.86. The molecular formula is C22H29N7S. The van der Waals surface area contributed by atoms with Gasteiger partial charge in [0.25, 0.3) is 0 Å². The fraction of sp³-hybridized carbons (Fsp3) is 0.409. The molecule has 158 valence electrons. The molecule has 0 aliphatic carbocycles. The van der Waals surface area contributed by atoms with Crippen molar-refractivity contribution in [3.63, 3.8) is 0 Å². The summed E-state index contributed by atoms with van der Waals surface area (Å²) in [6, 6.07) is 13.2. The number of nitrogens with one attached hydrogen (secondary N) is 3. The lowest BCUT2D eigenvalue weighted by Crippen LogP contribution is -2.44. The third kappa shape index (κ3) is 4.88. The molecule has 1 aromatic carbocycles.